The number of aliphatic hydroxyl groups excluding tert-OH is 1. The molecule has 0 radical (unpaired) electrons. The van der Waals surface area contributed by atoms with Crippen molar-refractivity contribution in [2.75, 3.05) is 5.73 Å². The maximum atomic E-state index is 11.4. The topological polar surface area (TPSA) is 115 Å². The number of nitrogen functional groups attached to an aromatic ring is 1. The second kappa shape index (κ2) is 9.13. The molecule has 0 saturated heterocycles. The number of carbonyl (C=O) groups is 1. The first-order valence-corrected chi connectivity index (χ1v) is 9.49. The number of aliphatic hydroxyl groups is 1. The molecular formula is C19H32N4O2. The molecule has 1 aromatic rings. The molecule has 2 aliphatic rings. The highest BCUT2D eigenvalue weighted by Gasteiger charge is 2.29. The highest BCUT2D eigenvalue weighted by atomic mass is 16.3. The molecule has 2 aliphatic carbocycles. The second-order valence-electron chi connectivity index (χ2n) is 7.79. The van der Waals surface area contributed by atoms with Gasteiger partial charge < -0.3 is 16.6 Å². The molecule has 5 N–H and O–H groups in total. The fourth-order valence-electron chi connectivity index (χ4n) is 3.84. The number of nitrogens with zero attached hydrogens (tertiary/aromatic N) is 2. The number of aromatic nitrogens is 2. The summed E-state index contributed by atoms with van der Waals surface area (Å²) in [5.41, 5.74) is 12.2. The van der Waals surface area contributed by atoms with Crippen molar-refractivity contribution < 1.29 is 9.90 Å². The van der Waals surface area contributed by atoms with E-state index in [1.54, 1.807) is 0 Å². The number of hydrogen-bond acceptors (Lipinski definition) is 5. The van der Waals surface area contributed by atoms with Crippen molar-refractivity contribution in [1.82, 2.24) is 9.97 Å². The third-order valence-corrected chi connectivity index (χ3v) is 5.38. The van der Waals surface area contributed by atoms with Gasteiger partial charge in [0, 0.05) is 6.20 Å². The first kappa shape index (κ1) is 19.6. The zero-order chi connectivity index (χ0) is 18.3. The molecule has 0 unspecified atom stereocenters. The summed E-state index contributed by atoms with van der Waals surface area (Å²) >= 11 is 0. The van der Waals surface area contributed by atoms with Gasteiger partial charge in [-0.25, -0.2) is 9.97 Å². The first-order chi connectivity index (χ1) is 11.9. The van der Waals surface area contributed by atoms with Gasteiger partial charge in [-0.2, -0.15) is 0 Å². The SMILES string of the molecule is CC1(Cc2nc(N)ncc2C(N)=O)CCCCC1.OC1CCCCC1. The summed E-state index contributed by atoms with van der Waals surface area (Å²) in [7, 11) is 0. The van der Waals surface area contributed by atoms with E-state index in [0.717, 1.165) is 32.1 Å². The Hall–Kier alpha value is -1.69. The molecule has 2 saturated carbocycles. The molecule has 1 amide bonds. The van der Waals surface area contributed by atoms with Gasteiger partial charge in [0.2, 0.25) is 5.95 Å². The number of nitrogens with two attached hydrogens (primary N) is 2. The van der Waals surface area contributed by atoms with E-state index in [-0.39, 0.29) is 17.5 Å². The van der Waals surface area contributed by atoms with Crippen LogP contribution in [0.2, 0.25) is 0 Å². The van der Waals surface area contributed by atoms with Crippen LogP contribution >= 0.6 is 0 Å². The third kappa shape index (κ3) is 6.27. The van der Waals surface area contributed by atoms with Gasteiger partial charge in [0.05, 0.1) is 17.4 Å². The van der Waals surface area contributed by atoms with E-state index >= 15 is 0 Å². The second-order valence-corrected chi connectivity index (χ2v) is 7.79. The number of hydrogen-bond donors (Lipinski definition) is 3. The van der Waals surface area contributed by atoms with Gasteiger partial charge in [0.15, 0.2) is 0 Å². The van der Waals surface area contributed by atoms with E-state index in [2.05, 4.69) is 16.9 Å². The Morgan fingerprint density at radius 1 is 1.20 bits per heavy atom. The van der Waals surface area contributed by atoms with Gasteiger partial charge in [-0.15, -0.1) is 0 Å². The Kier molecular flexibility index (Phi) is 7.17. The van der Waals surface area contributed by atoms with Crippen molar-refractivity contribution in [3.05, 3.63) is 17.5 Å². The van der Waals surface area contributed by atoms with Crippen LogP contribution in [0.3, 0.4) is 0 Å². The standard InChI is InChI=1S/C13H20N4O.C6H12O/c1-13(5-3-2-4-6-13)7-10-9(11(14)18)8-16-12(15)17-10;7-6-4-2-1-3-5-6/h8H,2-7H2,1H3,(H2,14,18)(H2,15,16,17);6-7H,1-5H2. The summed E-state index contributed by atoms with van der Waals surface area (Å²) in [4.78, 5) is 19.4. The predicted octanol–water partition coefficient (Wildman–Crippen LogP) is 2.98. The monoisotopic (exact) mass is 348 g/mol. The minimum atomic E-state index is -0.482. The lowest BCUT2D eigenvalue weighted by Gasteiger charge is -2.33. The summed E-state index contributed by atoms with van der Waals surface area (Å²) < 4.78 is 0. The Balaban J connectivity index is 0.000000269. The zero-order valence-corrected chi connectivity index (χ0v) is 15.3. The third-order valence-electron chi connectivity index (χ3n) is 5.38. The molecule has 0 atom stereocenters. The van der Waals surface area contributed by atoms with Crippen LogP contribution in [0, 0.1) is 5.41 Å². The minimum Gasteiger partial charge on any atom is -0.393 e. The molecule has 0 bridgehead atoms. The van der Waals surface area contributed by atoms with Gasteiger partial charge in [-0.3, -0.25) is 4.79 Å². The molecule has 6 heteroatoms. The molecule has 2 fully saturated rings. The maximum Gasteiger partial charge on any atom is 0.252 e. The largest absolute Gasteiger partial charge is 0.393 e. The Labute approximate surface area is 150 Å². The van der Waals surface area contributed by atoms with Crippen molar-refractivity contribution in [2.24, 2.45) is 11.1 Å². The van der Waals surface area contributed by atoms with Crippen LogP contribution in [0.4, 0.5) is 5.95 Å². The van der Waals surface area contributed by atoms with E-state index in [9.17, 15) is 4.79 Å². The molecule has 0 spiro atoms. The number of amides is 1. The summed E-state index contributed by atoms with van der Waals surface area (Å²) in [6.45, 7) is 2.25. The quantitative estimate of drug-likeness (QED) is 0.776. The molecule has 1 aromatic heterocycles. The van der Waals surface area contributed by atoms with E-state index in [0.29, 0.717) is 11.3 Å². The molecule has 1 heterocycles. The Bertz CT molecular complexity index is 565. The molecule has 3 rings (SSSR count). The van der Waals surface area contributed by atoms with Crippen LogP contribution in [0.1, 0.15) is 87.2 Å². The Morgan fingerprint density at radius 2 is 1.80 bits per heavy atom. The summed E-state index contributed by atoms with van der Waals surface area (Å²) in [6, 6.07) is 0. The molecule has 25 heavy (non-hydrogen) atoms. The lowest BCUT2D eigenvalue weighted by molar-refractivity contribution is 0.0997. The molecule has 0 aromatic carbocycles. The van der Waals surface area contributed by atoms with Gasteiger partial charge in [0.1, 0.15) is 0 Å². The van der Waals surface area contributed by atoms with Crippen molar-refractivity contribution in [3.63, 3.8) is 0 Å². The van der Waals surface area contributed by atoms with Gasteiger partial charge in [0.25, 0.3) is 5.91 Å². The lowest BCUT2D eigenvalue weighted by atomic mass is 9.72. The highest BCUT2D eigenvalue weighted by molar-refractivity contribution is 5.93. The lowest BCUT2D eigenvalue weighted by Crippen LogP contribution is -2.26. The molecule has 140 valence electrons. The molecule has 6 nitrogen and oxygen atoms in total. The van der Waals surface area contributed by atoms with E-state index in [1.807, 2.05) is 0 Å². The predicted molar refractivity (Wildman–Crippen MR) is 99.0 cm³/mol. The van der Waals surface area contributed by atoms with Gasteiger partial charge in [-0.1, -0.05) is 45.4 Å². The average molecular weight is 348 g/mol. The average Bonchev–Trinajstić information content (AvgIpc) is 2.56. The summed E-state index contributed by atoms with van der Waals surface area (Å²) in [5, 5.41) is 8.91. The van der Waals surface area contributed by atoms with Crippen molar-refractivity contribution in [2.45, 2.75) is 83.7 Å². The highest BCUT2D eigenvalue weighted by Crippen LogP contribution is 2.38. The van der Waals surface area contributed by atoms with Crippen LogP contribution < -0.4 is 11.5 Å². The van der Waals surface area contributed by atoms with Crippen LogP contribution in [-0.2, 0) is 6.42 Å². The van der Waals surface area contributed by atoms with Crippen molar-refractivity contribution in [1.29, 1.82) is 0 Å². The van der Waals surface area contributed by atoms with Crippen molar-refractivity contribution >= 4 is 11.9 Å². The van der Waals surface area contributed by atoms with Crippen molar-refractivity contribution in [3.8, 4) is 0 Å². The van der Waals surface area contributed by atoms with Crippen LogP contribution in [-0.4, -0.2) is 27.1 Å². The minimum absolute atomic E-state index is 0.0359. The number of primary amides is 1. The van der Waals surface area contributed by atoms with Gasteiger partial charge in [-0.05, 0) is 37.5 Å². The fraction of sp³-hybridized carbons (Fsp3) is 0.737. The van der Waals surface area contributed by atoms with E-state index in [1.165, 1.54) is 44.7 Å². The fourth-order valence-corrected chi connectivity index (χ4v) is 3.84. The number of carbonyl (C=O) groups excluding carboxylic acids is 1. The number of anilines is 1. The van der Waals surface area contributed by atoms with E-state index in [4.69, 9.17) is 16.6 Å². The van der Waals surface area contributed by atoms with Crippen LogP contribution in [0.25, 0.3) is 0 Å². The molecule has 0 aliphatic heterocycles. The molecular weight excluding hydrogens is 316 g/mol. The van der Waals surface area contributed by atoms with Gasteiger partial charge >= 0.3 is 0 Å². The van der Waals surface area contributed by atoms with Crippen LogP contribution in [0.15, 0.2) is 6.20 Å². The summed E-state index contributed by atoms with van der Waals surface area (Å²) in [5.74, 6) is -0.279. The van der Waals surface area contributed by atoms with Crippen LogP contribution in [0.5, 0.6) is 0 Å². The maximum absolute atomic E-state index is 11.4. The first-order valence-electron chi connectivity index (χ1n) is 9.49. The number of rotatable bonds is 3. The Morgan fingerprint density at radius 3 is 2.32 bits per heavy atom. The summed E-state index contributed by atoms with van der Waals surface area (Å²) in [6.07, 6.45) is 14.2. The smallest absolute Gasteiger partial charge is 0.252 e. The normalized spacial score (nSPS) is 20.4. The zero-order valence-electron chi connectivity index (χ0n) is 15.3. The van der Waals surface area contributed by atoms with E-state index < -0.39 is 5.91 Å².